The maximum absolute atomic E-state index is 12.7. The van der Waals surface area contributed by atoms with Gasteiger partial charge in [-0.1, -0.05) is 12.1 Å². The van der Waals surface area contributed by atoms with E-state index < -0.39 is 18.0 Å². The molecule has 3 heterocycles. The van der Waals surface area contributed by atoms with E-state index in [9.17, 15) is 18.0 Å². The first-order valence-electron chi connectivity index (χ1n) is 11.5. The van der Waals surface area contributed by atoms with Crippen LogP contribution in [0.4, 0.5) is 18.9 Å². The lowest BCUT2D eigenvalue weighted by Crippen LogP contribution is -2.46. The average Bonchev–Trinajstić information content (AvgIpc) is 3.25. The highest BCUT2D eigenvalue weighted by molar-refractivity contribution is 5.98. The van der Waals surface area contributed by atoms with Gasteiger partial charge < -0.3 is 25.8 Å². The number of nitrogens with zero attached hydrogens (tertiary/aromatic N) is 3. The molecule has 2 aromatic carbocycles. The van der Waals surface area contributed by atoms with Crippen LogP contribution in [0.2, 0.25) is 0 Å². The van der Waals surface area contributed by atoms with E-state index in [1.165, 1.54) is 22.9 Å². The number of nitrogens with two attached hydrogens (primary N) is 1. The lowest BCUT2D eigenvalue weighted by molar-refractivity contribution is -0.275. The van der Waals surface area contributed by atoms with Gasteiger partial charge >= 0.3 is 6.36 Å². The Morgan fingerprint density at radius 3 is 2.39 bits per heavy atom. The molecule has 2 aliphatic heterocycles. The summed E-state index contributed by atoms with van der Waals surface area (Å²) in [4.78, 5) is 14.8. The average molecular weight is 502 g/mol. The molecule has 0 aliphatic carbocycles. The quantitative estimate of drug-likeness (QED) is 0.474. The zero-order valence-corrected chi connectivity index (χ0v) is 19.2. The minimum Gasteiger partial charge on any atom is -0.453 e. The summed E-state index contributed by atoms with van der Waals surface area (Å²) in [5, 5.41) is 11.4. The van der Waals surface area contributed by atoms with Crippen LogP contribution in [-0.4, -0.2) is 59.7 Å². The van der Waals surface area contributed by atoms with Crippen LogP contribution in [0, 0.1) is 0 Å². The van der Waals surface area contributed by atoms with Crippen LogP contribution < -0.4 is 25.8 Å². The number of carbonyl (C=O) groups is 1. The molecular formula is C24H25F3N6O3. The van der Waals surface area contributed by atoms with Gasteiger partial charge in [0.05, 0.1) is 17.4 Å². The molecule has 2 aliphatic rings. The number of fused-ring (bicyclic) bond motifs is 1. The topological polar surface area (TPSA) is 107 Å². The molecule has 1 fully saturated rings. The molecule has 12 heteroatoms. The van der Waals surface area contributed by atoms with E-state index in [0.717, 1.165) is 38.3 Å². The highest BCUT2D eigenvalue weighted by Crippen LogP contribution is 2.38. The fraction of sp³-hybridized carbons (Fsp3) is 0.333. The summed E-state index contributed by atoms with van der Waals surface area (Å²) < 4.78 is 49.3. The van der Waals surface area contributed by atoms with Gasteiger partial charge in [-0.2, -0.15) is 5.10 Å². The normalized spacial score (nSPS) is 18.2. The van der Waals surface area contributed by atoms with E-state index in [-0.39, 0.29) is 23.2 Å². The van der Waals surface area contributed by atoms with E-state index in [1.807, 2.05) is 0 Å². The van der Waals surface area contributed by atoms with Crippen molar-refractivity contribution in [1.82, 2.24) is 20.0 Å². The first-order valence-corrected chi connectivity index (χ1v) is 11.5. The van der Waals surface area contributed by atoms with Crippen molar-refractivity contribution in [1.29, 1.82) is 0 Å². The predicted octanol–water partition coefficient (Wildman–Crippen LogP) is 3.42. The molecule has 1 atom stereocenters. The molecule has 0 saturated carbocycles. The van der Waals surface area contributed by atoms with Gasteiger partial charge in [0.25, 0.3) is 5.91 Å². The van der Waals surface area contributed by atoms with Crippen molar-refractivity contribution in [3.63, 3.8) is 0 Å². The second-order valence-corrected chi connectivity index (χ2v) is 8.49. The molecule has 1 saturated heterocycles. The maximum atomic E-state index is 12.7. The smallest absolute Gasteiger partial charge is 0.453 e. The van der Waals surface area contributed by atoms with Crippen LogP contribution in [0.25, 0.3) is 5.69 Å². The zero-order valence-electron chi connectivity index (χ0n) is 19.2. The van der Waals surface area contributed by atoms with Crippen LogP contribution >= 0.6 is 0 Å². The number of rotatable bonds is 6. The Kier molecular flexibility index (Phi) is 6.46. The van der Waals surface area contributed by atoms with Gasteiger partial charge in [0.1, 0.15) is 11.4 Å². The van der Waals surface area contributed by atoms with Crippen LogP contribution in [0.1, 0.15) is 28.6 Å². The minimum absolute atomic E-state index is 0.0652. The molecule has 1 aromatic heterocycles. The summed E-state index contributed by atoms with van der Waals surface area (Å²) in [6.45, 7) is 4.24. The molecule has 0 spiro atoms. The van der Waals surface area contributed by atoms with Crippen molar-refractivity contribution in [2.75, 3.05) is 38.0 Å². The third kappa shape index (κ3) is 4.95. The number of anilines is 1. The van der Waals surface area contributed by atoms with Gasteiger partial charge in [-0.25, -0.2) is 4.68 Å². The Balaban J connectivity index is 1.43. The van der Waals surface area contributed by atoms with Gasteiger partial charge in [-0.3, -0.25) is 9.69 Å². The van der Waals surface area contributed by atoms with Crippen molar-refractivity contribution in [2.24, 2.45) is 5.73 Å². The van der Waals surface area contributed by atoms with Gasteiger partial charge in [0.2, 0.25) is 0 Å². The molecule has 3 aromatic rings. The van der Waals surface area contributed by atoms with Gasteiger partial charge in [0, 0.05) is 32.7 Å². The third-order valence-electron chi connectivity index (χ3n) is 6.16. The second-order valence-electron chi connectivity index (χ2n) is 8.49. The Labute approximate surface area is 205 Å². The lowest BCUT2D eigenvalue weighted by Gasteiger charge is -2.36. The van der Waals surface area contributed by atoms with E-state index in [1.54, 1.807) is 30.3 Å². The SMILES string of the molecule is NC(=O)c1c2c(nn1-c1ccc(Oc3ccccc3OC(F)(F)F)cc1)[C@H](N1CCNCC1)CCN2. The molecule has 190 valence electrons. The number of carbonyl (C=O) groups excluding carboxylic acids is 1. The molecule has 5 rings (SSSR count). The van der Waals surface area contributed by atoms with Gasteiger partial charge in [-0.15, -0.1) is 13.2 Å². The third-order valence-corrected chi connectivity index (χ3v) is 6.16. The van der Waals surface area contributed by atoms with E-state index in [2.05, 4.69) is 20.3 Å². The monoisotopic (exact) mass is 502 g/mol. The number of alkyl halides is 3. The molecule has 4 N–H and O–H groups in total. The molecule has 0 radical (unpaired) electrons. The molecule has 0 bridgehead atoms. The molecule has 9 nitrogen and oxygen atoms in total. The Morgan fingerprint density at radius 1 is 1.03 bits per heavy atom. The number of halogens is 3. The first kappa shape index (κ1) is 23.9. The number of ether oxygens (including phenoxy) is 2. The number of amides is 1. The van der Waals surface area contributed by atoms with Crippen LogP contribution in [0.3, 0.4) is 0 Å². The highest BCUT2D eigenvalue weighted by Gasteiger charge is 2.34. The van der Waals surface area contributed by atoms with E-state index >= 15 is 0 Å². The zero-order chi connectivity index (χ0) is 25.3. The number of hydrogen-bond donors (Lipinski definition) is 3. The molecule has 0 unspecified atom stereocenters. The highest BCUT2D eigenvalue weighted by atomic mass is 19.4. The number of aromatic nitrogens is 2. The van der Waals surface area contributed by atoms with Crippen LogP contribution in [0.5, 0.6) is 17.2 Å². The summed E-state index contributed by atoms with van der Waals surface area (Å²) in [7, 11) is 0. The van der Waals surface area contributed by atoms with E-state index in [0.29, 0.717) is 17.9 Å². The summed E-state index contributed by atoms with van der Waals surface area (Å²) >= 11 is 0. The maximum Gasteiger partial charge on any atom is 0.573 e. The van der Waals surface area contributed by atoms with Crippen molar-refractivity contribution >= 4 is 11.6 Å². The number of hydrogen-bond acceptors (Lipinski definition) is 7. The fourth-order valence-electron chi connectivity index (χ4n) is 4.60. The Hall–Kier alpha value is -3.77. The van der Waals surface area contributed by atoms with Crippen molar-refractivity contribution in [3.8, 4) is 22.9 Å². The lowest BCUT2D eigenvalue weighted by atomic mass is 10.0. The summed E-state index contributed by atoms with van der Waals surface area (Å²) in [5.74, 6) is -0.866. The van der Waals surface area contributed by atoms with Crippen molar-refractivity contribution in [3.05, 3.63) is 59.9 Å². The second kappa shape index (κ2) is 9.70. The fourth-order valence-corrected chi connectivity index (χ4v) is 4.60. The van der Waals surface area contributed by atoms with Gasteiger partial charge in [0.15, 0.2) is 17.2 Å². The Morgan fingerprint density at radius 2 is 1.72 bits per heavy atom. The number of benzene rings is 2. The van der Waals surface area contributed by atoms with E-state index in [4.69, 9.17) is 15.6 Å². The summed E-state index contributed by atoms with van der Waals surface area (Å²) in [6.07, 6.45) is -3.99. The van der Waals surface area contributed by atoms with Crippen molar-refractivity contribution < 1.29 is 27.4 Å². The van der Waals surface area contributed by atoms with Crippen LogP contribution in [0.15, 0.2) is 48.5 Å². The minimum atomic E-state index is -4.84. The first-order chi connectivity index (χ1) is 17.3. The molecular weight excluding hydrogens is 477 g/mol. The Bertz CT molecular complexity index is 1240. The van der Waals surface area contributed by atoms with Crippen molar-refractivity contribution in [2.45, 2.75) is 18.8 Å². The molecule has 1 amide bonds. The number of primary amides is 1. The van der Waals surface area contributed by atoms with Gasteiger partial charge in [-0.05, 0) is 42.8 Å². The predicted molar refractivity (Wildman–Crippen MR) is 126 cm³/mol. The number of piperazine rings is 1. The standard InChI is InChI=1S/C24H25F3N6O3/c25-24(26,27)36-19-4-2-1-3-18(19)35-16-7-5-15(6-8-16)33-22(23(28)34)21-20(31-33)17(9-10-30-21)32-13-11-29-12-14-32/h1-8,17,29-30H,9-14H2,(H2,28,34)/t17-/m1/s1. The van der Waals surface area contributed by atoms with Crippen LogP contribution in [-0.2, 0) is 0 Å². The summed E-state index contributed by atoms with van der Waals surface area (Å²) in [5.41, 5.74) is 7.97. The number of nitrogens with one attached hydrogen (secondary N) is 2. The molecule has 36 heavy (non-hydrogen) atoms. The number of para-hydroxylation sites is 2. The summed E-state index contributed by atoms with van der Waals surface area (Å²) in [6, 6.07) is 12.1. The largest absolute Gasteiger partial charge is 0.573 e.